The fourth-order valence-corrected chi connectivity index (χ4v) is 1.91. The first-order valence-corrected chi connectivity index (χ1v) is 6.41. The number of aryl methyl sites for hydroxylation is 2. The van der Waals surface area contributed by atoms with Crippen LogP contribution < -0.4 is 10.1 Å². The van der Waals surface area contributed by atoms with Crippen LogP contribution in [-0.2, 0) is 17.8 Å². The van der Waals surface area contributed by atoms with Gasteiger partial charge in [0.2, 0.25) is 5.91 Å². The molecule has 0 fully saturated rings. The Morgan fingerprint density at radius 1 is 1.30 bits per heavy atom. The smallest absolute Gasteiger partial charge is 0.224 e. The molecule has 0 atom stereocenters. The molecule has 1 N–H and O–H groups in total. The molecule has 0 aliphatic carbocycles. The van der Waals surface area contributed by atoms with E-state index in [1.807, 2.05) is 31.2 Å². The molecule has 0 aliphatic rings. The Morgan fingerprint density at radius 2 is 2.00 bits per heavy atom. The van der Waals surface area contributed by atoms with Gasteiger partial charge in [-0.3, -0.25) is 4.79 Å². The average Bonchev–Trinajstić information content (AvgIpc) is 2.75. The molecule has 2 rings (SSSR count). The Hall–Kier alpha value is -2.30. The first-order valence-electron chi connectivity index (χ1n) is 6.41. The van der Waals surface area contributed by atoms with Crippen molar-refractivity contribution in [2.75, 3.05) is 7.11 Å². The third-order valence-corrected chi connectivity index (χ3v) is 2.97. The van der Waals surface area contributed by atoms with E-state index in [0.717, 1.165) is 17.0 Å². The van der Waals surface area contributed by atoms with E-state index in [2.05, 4.69) is 10.3 Å². The highest BCUT2D eigenvalue weighted by Gasteiger charge is 2.09. The maximum Gasteiger partial charge on any atom is 0.224 e. The van der Waals surface area contributed by atoms with Crippen molar-refractivity contribution in [2.24, 2.45) is 0 Å². The average molecular weight is 274 g/mol. The van der Waals surface area contributed by atoms with Crippen molar-refractivity contribution >= 4 is 5.91 Å². The van der Waals surface area contributed by atoms with Gasteiger partial charge in [-0.1, -0.05) is 12.1 Å². The quantitative estimate of drug-likeness (QED) is 0.907. The third-order valence-electron chi connectivity index (χ3n) is 2.97. The Morgan fingerprint density at radius 3 is 2.55 bits per heavy atom. The zero-order valence-electron chi connectivity index (χ0n) is 11.9. The van der Waals surface area contributed by atoms with Crippen LogP contribution in [0.4, 0.5) is 0 Å². The van der Waals surface area contributed by atoms with E-state index < -0.39 is 0 Å². The lowest BCUT2D eigenvalue weighted by atomic mass is 10.1. The summed E-state index contributed by atoms with van der Waals surface area (Å²) < 4.78 is 10.5. The highest BCUT2D eigenvalue weighted by Crippen LogP contribution is 2.12. The van der Waals surface area contributed by atoms with Crippen molar-refractivity contribution in [1.29, 1.82) is 0 Å². The topological polar surface area (TPSA) is 64.4 Å². The van der Waals surface area contributed by atoms with Crippen molar-refractivity contribution in [3.05, 3.63) is 47.2 Å². The van der Waals surface area contributed by atoms with Gasteiger partial charge >= 0.3 is 0 Å². The molecule has 1 amide bonds. The van der Waals surface area contributed by atoms with Gasteiger partial charge in [0.1, 0.15) is 11.5 Å². The number of amides is 1. The monoisotopic (exact) mass is 274 g/mol. The summed E-state index contributed by atoms with van der Waals surface area (Å²) in [5.74, 6) is 2.04. The van der Waals surface area contributed by atoms with E-state index in [4.69, 9.17) is 9.15 Å². The minimum atomic E-state index is -0.0522. The standard InChI is InChI=1S/C15H18N2O3/c1-10-14(20-11(2)17-10)9-16-15(18)8-12-4-6-13(19-3)7-5-12/h4-7H,8-9H2,1-3H3,(H,16,18). The molecule has 0 unspecified atom stereocenters. The van der Waals surface area contributed by atoms with E-state index in [0.29, 0.717) is 24.6 Å². The van der Waals surface area contributed by atoms with E-state index in [1.54, 1.807) is 14.0 Å². The van der Waals surface area contributed by atoms with Crippen LogP contribution in [-0.4, -0.2) is 18.0 Å². The second kappa shape index (κ2) is 6.23. The van der Waals surface area contributed by atoms with Crippen LogP contribution in [0, 0.1) is 13.8 Å². The summed E-state index contributed by atoms with van der Waals surface area (Å²) in [6, 6.07) is 7.43. The number of oxazole rings is 1. The molecule has 0 bridgehead atoms. The Bertz CT molecular complexity index is 588. The first kappa shape index (κ1) is 14.1. The zero-order chi connectivity index (χ0) is 14.5. The summed E-state index contributed by atoms with van der Waals surface area (Å²) in [5.41, 5.74) is 1.75. The molecule has 0 saturated carbocycles. The van der Waals surface area contributed by atoms with Gasteiger partial charge in [0.25, 0.3) is 0 Å². The van der Waals surface area contributed by atoms with Crippen LogP contribution >= 0.6 is 0 Å². The lowest BCUT2D eigenvalue weighted by Crippen LogP contribution is -2.24. The number of nitrogens with zero attached hydrogens (tertiary/aromatic N) is 1. The van der Waals surface area contributed by atoms with Crippen molar-refractivity contribution in [2.45, 2.75) is 26.8 Å². The van der Waals surface area contributed by atoms with Gasteiger partial charge < -0.3 is 14.5 Å². The lowest BCUT2D eigenvalue weighted by molar-refractivity contribution is -0.120. The molecule has 1 aromatic heterocycles. The fourth-order valence-electron chi connectivity index (χ4n) is 1.91. The summed E-state index contributed by atoms with van der Waals surface area (Å²) in [6.07, 6.45) is 0.330. The molecule has 1 aromatic carbocycles. The number of aromatic nitrogens is 1. The predicted molar refractivity (Wildman–Crippen MR) is 74.5 cm³/mol. The second-order valence-electron chi connectivity index (χ2n) is 4.54. The molecular weight excluding hydrogens is 256 g/mol. The Labute approximate surface area is 118 Å². The van der Waals surface area contributed by atoms with Crippen LogP contribution in [0.3, 0.4) is 0 Å². The van der Waals surface area contributed by atoms with Crippen molar-refractivity contribution in [3.63, 3.8) is 0 Å². The first-order chi connectivity index (χ1) is 9.58. The van der Waals surface area contributed by atoms with E-state index in [-0.39, 0.29) is 5.91 Å². The molecule has 0 radical (unpaired) electrons. The van der Waals surface area contributed by atoms with E-state index >= 15 is 0 Å². The van der Waals surface area contributed by atoms with Crippen molar-refractivity contribution in [1.82, 2.24) is 10.3 Å². The number of hydrogen-bond donors (Lipinski definition) is 1. The number of hydrogen-bond acceptors (Lipinski definition) is 4. The molecule has 0 aliphatic heterocycles. The Kier molecular flexibility index (Phi) is 4.40. The molecule has 0 saturated heterocycles. The van der Waals surface area contributed by atoms with E-state index in [9.17, 15) is 4.79 Å². The normalized spacial score (nSPS) is 10.3. The van der Waals surface area contributed by atoms with Gasteiger partial charge in [-0.2, -0.15) is 0 Å². The number of benzene rings is 1. The highest BCUT2D eigenvalue weighted by atomic mass is 16.5. The summed E-state index contributed by atoms with van der Waals surface area (Å²) in [4.78, 5) is 16.0. The summed E-state index contributed by atoms with van der Waals surface area (Å²) >= 11 is 0. The van der Waals surface area contributed by atoms with Gasteiger partial charge in [0, 0.05) is 6.92 Å². The van der Waals surface area contributed by atoms with Gasteiger partial charge in [0.05, 0.1) is 25.8 Å². The summed E-state index contributed by atoms with van der Waals surface area (Å²) in [7, 11) is 1.61. The minimum absolute atomic E-state index is 0.0522. The third kappa shape index (κ3) is 3.60. The maximum absolute atomic E-state index is 11.9. The number of ether oxygens (including phenoxy) is 1. The maximum atomic E-state index is 11.9. The van der Waals surface area contributed by atoms with Crippen LogP contribution in [0.15, 0.2) is 28.7 Å². The van der Waals surface area contributed by atoms with Gasteiger partial charge in [-0.05, 0) is 24.6 Å². The number of carbonyl (C=O) groups is 1. The number of carbonyl (C=O) groups excluding carboxylic acids is 1. The second-order valence-corrected chi connectivity index (χ2v) is 4.54. The molecule has 20 heavy (non-hydrogen) atoms. The SMILES string of the molecule is COc1ccc(CC(=O)NCc2oc(C)nc2C)cc1. The highest BCUT2D eigenvalue weighted by molar-refractivity contribution is 5.78. The largest absolute Gasteiger partial charge is 0.497 e. The molecule has 106 valence electrons. The molecule has 0 spiro atoms. The molecule has 5 heteroatoms. The van der Waals surface area contributed by atoms with Crippen LogP contribution in [0.5, 0.6) is 5.75 Å². The summed E-state index contributed by atoms with van der Waals surface area (Å²) in [5, 5.41) is 2.83. The number of methoxy groups -OCH3 is 1. The number of nitrogens with one attached hydrogen (secondary N) is 1. The molecule has 1 heterocycles. The van der Waals surface area contributed by atoms with E-state index in [1.165, 1.54) is 0 Å². The van der Waals surface area contributed by atoms with Crippen molar-refractivity contribution in [3.8, 4) is 5.75 Å². The van der Waals surface area contributed by atoms with Crippen LogP contribution in [0.1, 0.15) is 22.9 Å². The molecule has 5 nitrogen and oxygen atoms in total. The lowest BCUT2D eigenvalue weighted by Gasteiger charge is -2.05. The predicted octanol–water partition coefficient (Wildman–Crippen LogP) is 2.16. The minimum Gasteiger partial charge on any atom is -0.497 e. The summed E-state index contributed by atoms with van der Waals surface area (Å²) in [6.45, 7) is 4.01. The fraction of sp³-hybridized carbons (Fsp3) is 0.333. The Balaban J connectivity index is 1.87. The van der Waals surface area contributed by atoms with Crippen molar-refractivity contribution < 1.29 is 13.9 Å². The molecular formula is C15H18N2O3. The van der Waals surface area contributed by atoms with Crippen LogP contribution in [0.25, 0.3) is 0 Å². The van der Waals surface area contributed by atoms with Crippen LogP contribution in [0.2, 0.25) is 0 Å². The number of rotatable bonds is 5. The molecule has 2 aromatic rings. The van der Waals surface area contributed by atoms with Gasteiger partial charge in [-0.25, -0.2) is 4.98 Å². The zero-order valence-corrected chi connectivity index (χ0v) is 11.9. The van der Waals surface area contributed by atoms with Gasteiger partial charge in [0.15, 0.2) is 5.89 Å². The van der Waals surface area contributed by atoms with Gasteiger partial charge in [-0.15, -0.1) is 0 Å².